The number of hydrogen-bond donors (Lipinski definition) is 1. The Kier molecular flexibility index (Phi) is 3.98. The van der Waals surface area contributed by atoms with Crippen molar-refractivity contribution in [3.63, 3.8) is 0 Å². The van der Waals surface area contributed by atoms with Crippen LogP contribution < -0.4 is 0 Å². The lowest BCUT2D eigenvalue weighted by Crippen LogP contribution is -2.04. The van der Waals surface area contributed by atoms with E-state index in [9.17, 15) is 13.2 Å². The molecule has 136 valence electrons. The number of pyridine rings is 1. The third-order valence-electron chi connectivity index (χ3n) is 4.70. The second kappa shape index (κ2) is 6.23. The highest BCUT2D eigenvalue weighted by molar-refractivity contribution is 5.93. The molecule has 0 amide bonds. The van der Waals surface area contributed by atoms with Crippen molar-refractivity contribution in [3.05, 3.63) is 71.5 Å². The number of aromatic amines is 1. The highest BCUT2D eigenvalue weighted by atomic mass is 19.4. The summed E-state index contributed by atoms with van der Waals surface area (Å²) in [7, 11) is 0. The molecule has 27 heavy (non-hydrogen) atoms. The van der Waals surface area contributed by atoms with Gasteiger partial charge in [0.2, 0.25) is 0 Å². The van der Waals surface area contributed by atoms with E-state index in [-0.39, 0.29) is 5.69 Å². The molecule has 1 N–H and O–H groups in total. The smallest absolute Gasteiger partial charge is 0.276 e. The fourth-order valence-corrected chi connectivity index (χ4v) is 3.48. The standard InChI is InChI=1S/C21H16F3N3/c1-12-9-14-5-3-4-6-16(14)13(2)20(12)15-7-8-25-17(10-15)18-11-19(27-26-18)21(22,23)24/h3-11H,1-2H3,(H,26,27). The van der Waals surface area contributed by atoms with E-state index in [1.54, 1.807) is 12.3 Å². The Morgan fingerprint density at radius 2 is 1.74 bits per heavy atom. The van der Waals surface area contributed by atoms with E-state index >= 15 is 0 Å². The molecular formula is C21H16F3N3. The highest BCUT2D eigenvalue weighted by Crippen LogP contribution is 2.35. The van der Waals surface area contributed by atoms with Gasteiger partial charge in [-0.15, -0.1) is 0 Å². The summed E-state index contributed by atoms with van der Waals surface area (Å²) in [6, 6.07) is 14.9. The lowest BCUT2D eigenvalue weighted by atomic mass is 9.91. The molecule has 0 spiro atoms. The highest BCUT2D eigenvalue weighted by Gasteiger charge is 2.34. The Hall–Kier alpha value is -3.15. The molecule has 0 bridgehead atoms. The molecule has 3 nitrogen and oxygen atoms in total. The minimum atomic E-state index is -4.49. The Morgan fingerprint density at radius 3 is 2.48 bits per heavy atom. The van der Waals surface area contributed by atoms with Crippen molar-refractivity contribution in [3.8, 4) is 22.5 Å². The van der Waals surface area contributed by atoms with Gasteiger partial charge in [0.1, 0.15) is 0 Å². The number of hydrogen-bond acceptors (Lipinski definition) is 2. The number of rotatable bonds is 2. The third kappa shape index (κ3) is 3.07. The van der Waals surface area contributed by atoms with E-state index in [0.29, 0.717) is 5.69 Å². The van der Waals surface area contributed by atoms with Gasteiger partial charge in [-0.3, -0.25) is 10.1 Å². The first-order valence-electron chi connectivity index (χ1n) is 8.43. The molecule has 4 rings (SSSR count). The average molecular weight is 367 g/mol. The maximum atomic E-state index is 12.8. The third-order valence-corrected chi connectivity index (χ3v) is 4.70. The van der Waals surface area contributed by atoms with Crippen molar-refractivity contribution in [2.75, 3.05) is 0 Å². The predicted molar refractivity (Wildman–Crippen MR) is 99.2 cm³/mol. The summed E-state index contributed by atoms with van der Waals surface area (Å²) in [4.78, 5) is 4.21. The molecule has 0 atom stereocenters. The van der Waals surface area contributed by atoms with Crippen LogP contribution in [0.3, 0.4) is 0 Å². The Bertz CT molecular complexity index is 1140. The van der Waals surface area contributed by atoms with E-state index in [0.717, 1.165) is 39.1 Å². The molecule has 0 aliphatic heterocycles. The second-order valence-electron chi connectivity index (χ2n) is 6.51. The van der Waals surface area contributed by atoms with Gasteiger partial charge in [-0.05, 0) is 65.1 Å². The Balaban J connectivity index is 1.84. The van der Waals surface area contributed by atoms with Crippen LogP contribution in [0.2, 0.25) is 0 Å². The molecule has 2 aromatic carbocycles. The molecule has 0 fully saturated rings. The zero-order valence-corrected chi connectivity index (χ0v) is 14.7. The molecule has 0 radical (unpaired) electrons. The molecule has 2 heterocycles. The molecule has 4 aromatic rings. The Labute approximate surface area is 153 Å². The van der Waals surface area contributed by atoms with E-state index in [4.69, 9.17) is 0 Å². The van der Waals surface area contributed by atoms with Crippen LogP contribution in [0.25, 0.3) is 33.3 Å². The van der Waals surface area contributed by atoms with Gasteiger partial charge in [0, 0.05) is 6.20 Å². The largest absolute Gasteiger partial charge is 0.435 e. The van der Waals surface area contributed by atoms with Crippen molar-refractivity contribution in [2.45, 2.75) is 20.0 Å². The van der Waals surface area contributed by atoms with Crippen LogP contribution in [0.1, 0.15) is 16.8 Å². The number of aryl methyl sites for hydroxylation is 2. The van der Waals surface area contributed by atoms with Crippen molar-refractivity contribution < 1.29 is 13.2 Å². The summed E-state index contributed by atoms with van der Waals surface area (Å²) < 4.78 is 38.4. The SMILES string of the molecule is Cc1cc2ccccc2c(C)c1-c1ccnc(-c2cc(C(F)(F)F)n[nH]2)c1. The molecule has 2 aromatic heterocycles. The summed E-state index contributed by atoms with van der Waals surface area (Å²) in [6.07, 6.45) is -2.88. The molecular weight excluding hydrogens is 351 g/mol. The lowest BCUT2D eigenvalue weighted by Gasteiger charge is -2.14. The lowest BCUT2D eigenvalue weighted by molar-refractivity contribution is -0.141. The maximum Gasteiger partial charge on any atom is 0.435 e. The normalized spacial score (nSPS) is 11.9. The van der Waals surface area contributed by atoms with Crippen molar-refractivity contribution in [1.82, 2.24) is 15.2 Å². The molecule has 0 unspecified atom stereocenters. The summed E-state index contributed by atoms with van der Waals surface area (Å²) in [5.74, 6) is 0. The molecule has 0 aliphatic rings. The van der Waals surface area contributed by atoms with E-state index < -0.39 is 11.9 Å². The minimum absolute atomic E-state index is 0.236. The molecule has 6 heteroatoms. The predicted octanol–water partition coefficient (Wildman–Crippen LogP) is 5.93. The monoisotopic (exact) mass is 367 g/mol. The summed E-state index contributed by atoms with van der Waals surface area (Å²) >= 11 is 0. The zero-order chi connectivity index (χ0) is 19.2. The van der Waals surface area contributed by atoms with E-state index in [1.807, 2.05) is 25.1 Å². The summed E-state index contributed by atoms with van der Waals surface area (Å²) in [5, 5.41) is 8.10. The number of H-pyrrole nitrogens is 1. The number of fused-ring (bicyclic) bond motifs is 1. The number of benzene rings is 2. The second-order valence-corrected chi connectivity index (χ2v) is 6.51. The number of alkyl halides is 3. The number of aromatic nitrogens is 3. The van der Waals surface area contributed by atoms with Crippen LogP contribution in [0.5, 0.6) is 0 Å². The quantitative estimate of drug-likeness (QED) is 0.477. The zero-order valence-electron chi connectivity index (χ0n) is 14.7. The van der Waals surface area contributed by atoms with E-state index in [1.165, 1.54) is 0 Å². The van der Waals surface area contributed by atoms with Gasteiger partial charge in [0.05, 0.1) is 11.4 Å². The van der Waals surface area contributed by atoms with Crippen molar-refractivity contribution in [2.24, 2.45) is 0 Å². The van der Waals surface area contributed by atoms with Crippen LogP contribution in [0, 0.1) is 13.8 Å². The van der Waals surface area contributed by atoms with Crippen LogP contribution in [0.15, 0.2) is 54.7 Å². The van der Waals surface area contributed by atoms with Crippen molar-refractivity contribution in [1.29, 1.82) is 0 Å². The van der Waals surface area contributed by atoms with E-state index in [2.05, 4.69) is 40.3 Å². The van der Waals surface area contributed by atoms with Crippen molar-refractivity contribution >= 4 is 10.8 Å². The van der Waals surface area contributed by atoms with Gasteiger partial charge in [-0.1, -0.05) is 30.3 Å². The fourth-order valence-electron chi connectivity index (χ4n) is 3.48. The molecule has 0 aliphatic carbocycles. The molecule has 0 saturated carbocycles. The number of halogens is 3. The first kappa shape index (κ1) is 17.3. The minimum Gasteiger partial charge on any atom is -0.276 e. The van der Waals surface area contributed by atoms with Gasteiger partial charge in [-0.2, -0.15) is 18.3 Å². The number of nitrogens with zero attached hydrogens (tertiary/aromatic N) is 2. The van der Waals surface area contributed by atoms with Gasteiger partial charge >= 0.3 is 6.18 Å². The van der Waals surface area contributed by atoms with Crippen LogP contribution >= 0.6 is 0 Å². The van der Waals surface area contributed by atoms with Crippen LogP contribution in [0.4, 0.5) is 13.2 Å². The maximum absolute atomic E-state index is 12.8. The van der Waals surface area contributed by atoms with Gasteiger partial charge < -0.3 is 0 Å². The first-order chi connectivity index (χ1) is 12.8. The summed E-state index contributed by atoms with van der Waals surface area (Å²) in [6.45, 7) is 4.09. The van der Waals surface area contributed by atoms with Crippen LogP contribution in [-0.2, 0) is 6.18 Å². The average Bonchev–Trinajstić information content (AvgIpc) is 3.13. The van der Waals surface area contributed by atoms with Gasteiger partial charge in [-0.25, -0.2) is 0 Å². The topological polar surface area (TPSA) is 41.6 Å². The van der Waals surface area contributed by atoms with Gasteiger partial charge in [0.15, 0.2) is 5.69 Å². The Morgan fingerprint density at radius 1 is 0.963 bits per heavy atom. The van der Waals surface area contributed by atoms with Crippen LogP contribution in [-0.4, -0.2) is 15.2 Å². The molecule has 0 saturated heterocycles. The summed E-state index contributed by atoms with van der Waals surface area (Å²) in [5.41, 5.74) is 3.90. The first-order valence-corrected chi connectivity index (χ1v) is 8.43. The van der Waals surface area contributed by atoms with Gasteiger partial charge in [0.25, 0.3) is 0 Å². The fraction of sp³-hybridized carbons (Fsp3) is 0.143. The number of nitrogens with one attached hydrogen (secondary N) is 1.